The van der Waals surface area contributed by atoms with E-state index >= 15 is 4.39 Å². The van der Waals surface area contributed by atoms with Crippen LogP contribution in [0.15, 0.2) is 79.1 Å². The van der Waals surface area contributed by atoms with Crippen molar-refractivity contribution in [3.63, 3.8) is 0 Å². The second kappa shape index (κ2) is 11.5. The van der Waals surface area contributed by atoms with Crippen LogP contribution in [-0.4, -0.2) is 31.3 Å². The third kappa shape index (κ3) is 6.46. The Morgan fingerprint density at radius 1 is 0.878 bits per heavy atom. The summed E-state index contributed by atoms with van der Waals surface area (Å²) in [6.45, 7) is 8.05. The molecule has 0 aliphatic heterocycles. The molecule has 0 atom stereocenters. The zero-order chi connectivity index (χ0) is 29.1. The SMILES string of the molecule is CCC(=O)c1cc(Cc2ccc(CC(=O)Cc3cc(C(C)(C)C)nn3-c3ccc4ncccc4c3)c(F)c2)ccn1. The van der Waals surface area contributed by atoms with Gasteiger partial charge in [0.05, 0.1) is 22.6 Å². The summed E-state index contributed by atoms with van der Waals surface area (Å²) in [5, 5.41) is 5.84. The van der Waals surface area contributed by atoms with Crippen LogP contribution in [0.3, 0.4) is 0 Å². The topological polar surface area (TPSA) is 77.7 Å². The van der Waals surface area contributed by atoms with E-state index in [1.807, 2.05) is 53.2 Å². The summed E-state index contributed by atoms with van der Waals surface area (Å²) in [7, 11) is 0. The summed E-state index contributed by atoms with van der Waals surface area (Å²) in [5.41, 5.74) is 5.58. The molecule has 0 fully saturated rings. The molecule has 2 aromatic carbocycles. The largest absolute Gasteiger partial charge is 0.299 e. The number of carbonyl (C=O) groups excluding carboxylic acids is 2. The van der Waals surface area contributed by atoms with Gasteiger partial charge < -0.3 is 0 Å². The normalized spacial score (nSPS) is 11.6. The molecule has 0 N–H and O–H groups in total. The van der Waals surface area contributed by atoms with Gasteiger partial charge in [-0.2, -0.15) is 5.10 Å². The Balaban J connectivity index is 1.34. The number of benzene rings is 2. The zero-order valence-electron chi connectivity index (χ0n) is 23.8. The maximum absolute atomic E-state index is 15.1. The van der Waals surface area contributed by atoms with Crippen molar-refractivity contribution in [3.05, 3.63) is 119 Å². The Hall–Kier alpha value is -4.52. The average molecular weight is 549 g/mol. The van der Waals surface area contributed by atoms with Crippen molar-refractivity contribution >= 4 is 22.5 Å². The van der Waals surface area contributed by atoms with Crippen molar-refractivity contribution in [2.24, 2.45) is 0 Å². The van der Waals surface area contributed by atoms with Gasteiger partial charge in [0.2, 0.25) is 0 Å². The molecule has 208 valence electrons. The third-order valence-corrected chi connectivity index (χ3v) is 7.11. The summed E-state index contributed by atoms with van der Waals surface area (Å²) in [5.74, 6) is -0.543. The first-order valence-electron chi connectivity index (χ1n) is 13.8. The van der Waals surface area contributed by atoms with Gasteiger partial charge in [-0.05, 0) is 71.6 Å². The number of Topliss-reactive ketones (excluding diaryl/α,β-unsaturated/α-hetero) is 2. The number of carbonyl (C=O) groups is 2. The number of halogens is 1. The lowest BCUT2D eigenvalue weighted by Crippen LogP contribution is -2.13. The molecule has 0 saturated heterocycles. The minimum Gasteiger partial charge on any atom is -0.299 e. The van der Waals surface area contributed by atoms with E-state index in [0.717, 1.165) is 39.1 Å². The number of hydrogen-bond donors (Lipinski definition) is 0. The van der Waals surface area contributed by atoms with Crippen molar-refractivity contribution < 1.29 is 14.0 Å². The molecule has 0 bridgehead atoms. The fourth-order valence-corrected chi connectivity index (χ4v) is 4.81. The maximum Gasteiger partial charge on any atom is 0.180 e. The first-order chi connectivity index (χ1) is 19.6. The van der Waals surface area contributed by atoms with E-state index < -0.39 is 5.82 Å². The summed E-state index contributed by atoms with van der Waals surface area (Å²) in [6.07, 6.45) is 4.31. The smallest absolute Gasteiger partial charge is 0.180 e. The molecule has 0 radical (unpaired) electrons. The van der Waals surface area contributed by atoms with Crippen molar-refractivity contribution in [3.8, 4) is 5.69 Å². The summed E-state index contributed by atoms with van der Waals surface area (Å²) in [4.78, 5) is 33.8. The second-order valence-electron chi connectivity index (χ2n) is 11.4. The van der Waals surface area contributed by atoms with Crippen LogP contribution in [0, 0.1) is 5.82 Å². The standard InChI is InChI=1S/C34H33FN4O2/c1-5-32(41)31-17-23(12-14-37-31)15-22-8-9-24(29(35)16-22)19-28(40)20-27-21-33(34(2,3)4)38-39(27)26-10-11-30-25(18-26)7-6-13-36-30/h6-14,16-18,21H,5,15,19-20H2,1-4H3. The third-order valence-electron chi connectivity index (χ3n) is 7.11. The van der Waals surface area contributed by atoms with Gasteiger partial charge in [0.15, 0.2) is 5.78 Å². The predicted octanol–water partition coefficient (Wildman–Crippen LogP) is 6.79. The average Bonchev–Trinajstić information content (AvgIpc) is 3.38. The number of rotatable bonds is 9. The van der Waals surface area contributed by atoms with E-state index in [1.54, 1.807) is 31.5 Å². The molecule has 0 saturated carbocycles. The minimum atomic E-state index is -0.416. The highest BCUT2D eigenvalue weighted by molar-refractivity contribution is 5.94. The molecule has 7 heteroatoms. The molecule has 6 nitrogen and oxygen atoms in total. The Morgan fingerprint density at radius 2 is 1.68 bits per heavy atom. The van der Waals surface area contributed by atoms with Gasteiger partial charge in [-0.3, -0.25) is 19.6 Å². The Bertz CT molecular complexity index is 1750. The summed E-state index contributed by atoms with van der Waals surface area (Å²) in [6, 6.07) is 20.3. The summed E-state index contributed by atoms with van der Waals surface area (Å²) >= 11 is 0. The number of fused-ring (bicyclic) bond motifs is 1. The fourth-order valence-electron chi connectivity index (χ4n) is 4.81. The van der Waals surface area contributed by atoms with Crippen LogP contribution in [0.4, 0.5) is 4.39 Å². The molecule has 3 aromatic heterocycles. The highest BCUT2D eigenvalue weighted by atomic mass is 19.1. The number of aromatic nitrogens is 4. The van der Waals surface area contributed by atoms with Gasteiger partial charge in [0.25, 0.3) is 0 Å². The second-order valence-corrected chi connectivity index (χ2v) is 11.4. The fraction of sp³-hybridized carbons (Fsp3) is 0.265. The van der Waals surface area contributed by atoms with E-state index in [-0.39, 0.29) is 29.8 Å². The molecule has 0 amide bonds. The predicted molar refractivity (Wildman–Crippen MR) is 158 cm³/mol. The summed E-state index contributed by atoms with van der Waals surface area (Å²) < 4.78 is 16.9. The van der Waals surface area contributed by atoms with Crippen LogP contribution >= 0.6 is 0 Å². The monoisotopic (exact) mass is 548 g/mol. The Labute approximate surface area is 239 Å². The van der Waals surface area contributed by atoms with Crippen LogP contribution in [-0.2, 0) is 29.5 Å². The first-order valence-corrected chi connectivity index (χ1v) is 13.8. The van der Waals surface area contributed by atoms with Crippen LogP contribution in [0.5, 0.6) is 0 Å². The molecular formula is C34H33FN4O2. The maximum atomic E-state index is 15.1. The first kappa shape index (κ1) is 28.0. The number of pyridine rings is 2. The number of ketones is 2. The van der Waals surface area contributed by atoms with E-state index in [9.17, 15) is 9.59 Å². The van der Waals surface area contributed by atoms with E-state index in [2.05, 4.69) is 30.7 Å². The molecule has 0 aliphatic carbocycles. The van der Waals surface area contributed by atoms with Gasteiger partial charge in [-0.1, -0.05) is 45.9 Å². The van der Waals surface area contributed by atoms with E-state index in [1.165, 1.54) is 6.07 Å². The molecular weight excluding hydrogens is 515 g/mol. The highest BCUT2D eigenvalue weighted by Gasteiger charge is 2.22. The van der Waals surface area contributed by atoms with Crippen LogP contribution in [0.25, 0.3) is 16.6 Å². The zero-order valence-corrected chi connectivity index (χ0v) is 23.8. The lowest BCUT2D eigenvalue weighted by atomic mass is 9.92. The molecule has 3 heterocycles. The van der Waals surface area contributed by atoms with Crippen LogP contribution in [0.2, 0.25) is 0 Å². The van der Waals surface area contributed by atoms with Gasteiger partial charge >= 0.3 is 0 Å². The highest BCUT2D eigenvalue weighted by Crippen LogP contribution is 2.26. The molecule has 0 spiro atoms. The molecule has 0 aliphatic rings. The number of nitrogens with zero attached hydrogens (tertiary/aromatic N) is 4. The lowest BCUT2D eigenvalue weighted by Gasteiger charge is -2.14. The number of hydrogen-bond acceptors (Lipinski definition) is 5. The molecule has 5 aromatic rings. The minimum absolute atomic E-state index is 0.0197. The van der Waals surface area contributed by atoms with Gasteiger partial charge in [-0.15, -0.1) is 0 Å². The van der Waals surface area contributed by atoms with E-state index in [4.69, 9.17) is 5.10 Å². The van der Waals surface area contributed by atoms with Crippen molar-refractivity contribution in [1.82, 2.24) is 19.7 Å². The Morgan fingerprint density at radius 3 is 2.44 bits per heavy atom. The molecule has 0 unspecified atom stereocenters. The van der Waals surface area contributed by atoms with Crippen molar-refractivity contribution in [1.29, 1.82) is 0 Å². The van der Waals surface area contributed by atoms with Crippen molar-refractivity contribution in [2.45, 2.75) is 58.8 Å². The lowest BCUT2D eigenvalue weighted by molar-refractivity contribution is -0.117. The van der Waals surface area contributed by atoms with Gasteiger partial charge in [-0.25, -0.2) is 9.07 Å². The van der Waals surface area contributed by atoms with Crippen LogP contribution < -0.4 is 0 Å². The van der Waals surface area contributed by atoms with Gasteiger partial charge in [0.1, 0.15) is 17.3 Å². The van der Waals surface area contributed by atoms with Crippen LogP contribution in [0.1, 0.15) is 72.7 Å². The quantitative estimate of drug-likeness (QED) is 0.190. The molecule has 5 rings (SSSR count). The molecule has 41 heavy (non-hydrogen) atoms. The Kier molecular flexibility index (Phi) is 7.88. The van der Waals surface area contributed by atoms with Crippen molar-refractivity contribution in [2.75, 3.05) is 0 Å². The van der Waals surface area contributed by atoms with E-state index in [0.29, 0.717) is 24.1 Å². The van der Waals surface area contributed by atoms with Gasteiger partial charge in [0, 0.05) is 42.5 Å².